The van der Waals surface area contributed by atoms with Crippen LogP contribution >= 0.6 is 0 Å². The van der Waals surface area contributed by atoms with Crippen molar-refractivity contribution >= 4 is 11.7 Å². The zero-order valence-electron chi connectivity index (χ0n) is 13.1. The third-order valence-electron chi connectivity index (χ3n) is 4.44. The van der Waals surface area contributed by atoms with E-state index in [9.17, 15) is 4.79 Å². The van der Waals surface area contributed by atoms with Gasteiger partial charge in [0.1, 0.15) is 0 Å². The minimum Gasteiger partial charge on any atom is -0.381 e. The highest BCUT2D eigenvalue weighted by Crippen LogP contribution is 2.42. The molecule has 1 aliphatic rings. The van der Waals surface area contributed by atoms with E-state index in [0.717, 1.165) is 17.7 Å². The molecule has 2 amide bonds. The zero-order valence-corrected chi connectivity index (χ0v) is 13.1. The minimum atomic E-state index is -0.190. The minimum absolute atomic E-state index is 0.0420. The Morgan fingerprint density at radius 2 is 2.19 bits per heavy atom. The van der Waals surface area contributed by atoms with E-state index in [-0.39, 0.29) is 29.6 Å². The highest BCUT2D eigenvalue weighted by atomic mass is 16.5. The molecule has 1 aromatic rings. The van der Waals surface area contributed by atoms with Crippen molar-refractivity contribution in [2.45, 2.75) is 45.4 Å². The molecule has 2 rings (SSSR count). The molecule has 0 aliphatic heterocycles. The SMILES string of the molecule is COC1CC(NC(=O)Nc2cccc(C(C)N)c2)C1(C)C. The van der Waals surface area contributed by atoms with Gasteiger partial charge in [-0.2, -0.15) is 0 Å². The van der Waals surface area contributed by atoms with E-state index in [1.807, 2.05) is 31.2 Å². The fourth-order valence-electron chi connectivity index (χ4n) is 2.76. The molecule has 1 aliphatic carbocycles. The molecule has 3 atom stereocenters. The largest absolute Gasteiger partial charge is 0.381 e. The number of carbonyl (C=O) groups excluding carboxylic acids is 1. The summed E-state index contributed by atoms with van der Waals surface area (Å²) in [6.07, 6.45) is 1.04. The van der Waals surface area contributed by atoms with Crippen molar-refractivity contribution in [3.05, 3.63) is 29.8 Å². The molecule has 3 unspecified atom stereocenters. The molecule has 1 fully saturated rings. The molecule has 21 heavy (non-hydrogen) atoms. The summed E-state index contributed by atoms with van der Waals surface area (Å²) in [4.78, 5) is 12.1. The van der Waals surface area contributed by atoms with Gasteiger partial charge < -0.3 is 21.1 Å². The Hall–Kier alpha value is -1.59. The van der Waals surface area contributed by atoms with Crippen LogP contribution in [0.2, 0.25) is 0 Å². The van der Waals surface area contributed by atoms with Crippen molar-refractivity contribution in [1.29, 1.82) is 0 Å². The molecule has 0 spiro atoms. The number of ether oxygens (including phenoxy) is 1. The van der Waals surface area contributed by atoms with E-state index in [0.29, 0.717) is 0 Å². The van der Waals surface area contributed by atoms with Crippen LogP contribution in [-0.2, 0) is 4.74 Å². The Bertz CT molecular complexity index is 514. The molecule has 0 heterocycles. The second-order valence-corrected chi connectivity index (χ2v) is 6.35. The van der Waals surface area contributed by atoms with Crippen LogP contribution in [-0.4, -0.2) is 25.3 Å². The lowest BCUT2D eigenvalue weighted by Gasteiger charge is -2.51. The standard InChI is InChI=1S/C16H25N3O2/c1-10(17)11-6-5-7-12(8-11)18-15(20)19-13-9-14(21-4)16(13,2)3/h5-8,10,13-14H,9,17H2,1-4H3,(H2,18,19,20). The number of amides is 2. The summed E-state index contributed by atoms with van der Waals surface area (Å²) >= 11 is 0. The van der Waals surface area contributed by atoms with Gasteiger partial charge in [0.25, 0.3) is 0 Å². The fraction of sp³-hybridized carbons (Fsp3) is 0.562. The number of anilines is 1. The van der Waals surface area contributed by atoms with Gasteiger partial charge in [0.05, 0.1) is 6.10 Å². The number of nitrogens with two attached hydrogens (primary N) is 1. The van der Waals surface area contributed by atoms with Crippen LogP contribution in [0.4, 0.5) is 10.5 Å². The number of benzene rings is 1. The van der Waals surface area contributed by atoms with Crippen molar-refractivity contribution in [1.82, 2.24) is 5.32 Å². The number of methoxy groups -OCH3 is 1. The smallest absolute Gasteiger partial charge is 0.319 e. The van der Waals surface area contributed by atoms with E-state index in [2.05, 4.69) is 24.5 Å². The lowest BCUT2D eigenvalue weighted by molar-refractivity contribution is -0.0931. The number of hydrogen-bond donors (Lipinski definition) is 3. The summed E-state index contributed by atoms with van der Waals surface area (Å²) in [7, 11) is 1.71. The van der Waals surface area contributed by atoms with Gasteiger partial charge in [-0.05, 0) is 31.0 Å². The summed E-state index contributed by atoms with van der Waals surface area (Å²) < 4.78 is 5.39. The first-order chi connectivity index (χ1) is 9.84. The maximum Gasteiger partial charge on any atom is 0.319 e. The van der Waals surface area contributed by atoms with Crippen LogP contribution in [0.1, 0.15) is 38.8 Å². The van der Waals surface area contributed by atoms with Crippen LogP contribution in [0.3, 0.4) is 0 Å². The van der Waals surface area contributed by atoms with Gasteiger partial charge in [-0.1, -0.05) is 26.0 Å². The van der Waals surface area contributed by atoms with Gasteiger partial charge in [0.15, 0.2) is 0 Å². The lowest BCUT2D eigenvalue weighted by atomic mass is 9.64. The van der Waals surface area contributed by atoms with Gasteiger partial charge in [0.2, 0.25) is 0 Å². The zero-order chi connectivity index (χ0) is 15.6. The summed E-state index contributed by atoms with van der Waals surface area (Å²) in [5, 5.41) is 5.87. The topological polar surface area (TPSA) is 76.4 Å². The molecule has 1 aromatic carbocycles. The Balaban J connectivity index is 1.93. The number of urea groups is 1. The normalized spacial score (nSPS) is 24.8. The monoisotopic (exact) mass is 291 g/mol. The van der Waals surface area contributed by atoms with E-state index < -0.39 is 0 Å². The molecule has 0 radical (unpaired) electrons. The van der Waals surface area contributed by atoms with Gasteiger partial charge in [-0.15, -0.1) is 0 Å². The van der Waals surface area contributed by atoms with Crippen LogP contribution in [0.5, 0.6) is 0 Å². The second kappa shape index (κ2) is 6.03. The molecular formula is C16H25N3O2. The van der Waals surface area contributed by atoms with Crippen LogP contribution < -0.4 is 16.4 Å². The van der Waals surface area contributed by atoms with Crippen molar-refractivity contribution in [2.75, 3.05) is 12.4 Å². The van der Waals surface area contributed by atoms with Crippen molar-refractivity contribution in [2.24, 2.45) is 11.1 Å². The van der Waals surface area contributed by atoms with Crippen LogP contribution in [0, 0.1) is 5.41 Å². The average Bonchev–Trinajstić information content (AvgIpc) is 2.43. The van der Waals surface area contributed by atoms with Crippen LogP contribution in [0.25, 0.3) is 0 Å². The quantitative estimate of drug-likeness (QED) is 0.798. The predicted octanol–water partition coefficient (Wildman–Crippen LogP) is 2.64. The predicted molar refractivity (Wildman–Crippen MR) is 84.2 cm³/mol. The Labute approximate surface area is 126 Å². The average molecular weight is 291 g/mol. The molecule has 0 bridgehead atoms. The molecule has 4 N–H and O–H groups in total. The van der Waals surface area contributed by atoms with Crippen LogP contribution in [0.15, 0.2) is 24.3 Å². The van der Waals surface area contributed by atoms with E-state index in [4.69, 9.17) is 10.5 Å². The Morgan fingerprint density at radius 3 is 2.76 bits per heavy atom. The third-order valence-corrected chi connectivity index (χ3v) is 4.44. The Morgan fingerprint density at radius 1 is 1.48 bits per heavy atom. The molecule has 5 nitrogen and oxygen atoms in total. The van der Waals surface area contributed by atoms with E-state index in [1.54, 1.807) is 7.11 Å². The van der Waals surface area contributed by atoms with Crippen molar-refractivity contribution in [3.63, 3.8) is 0 Å². The first kappa shape index (κ1) is 15.8. The number of carbonyl (C=O) groups is 1. The summed E-state index contributed by atoms with van der Waals surface area (Å²) in [6, 6.07) is 7.48. The van der Waals surface area contributed by atoms with E-state index in [1.165, 1.54) is 0 Å². The number of nitrogens with one attached hydrogen (secondary N) is 2. The number of hydrogen-bond acceptors (Lipinski definition) is 3. The molecule has 116 valence electrons. The van der Waals surface area contributed by atoms with Gasteiger partial charge in [-0.3, -0.25) is 0 Å². The van der Waals surface area contributed by atoms with Crippen molar-refractivity contribution < 1.29 is 9.53 Å². The van der Waals surface area contributed by atoms with Gasteiger partial charge >= 0.3 is 6.03 Å². The van der Waals surface area contributed by atoms with Gasteiger partial charge in [0, 0.05) is 30.3 Å². The summed E-state index contributed by atoms with van der Waals surface area (Å²) in [5.41, 5.74) is 7.56. The third kappa shape index (κ3) is 3.36. The molecule has 0 saturated heterocycles. The van der Waals surface area contributed by atoms with E-state index >= 15 is 0 Å². The highest BCUT2D eigenvalue weighted by Gasteiger charge is 2.49. The fourth-order valence-corrected chi connectivity index (χ4v) is 2.76. The first-order valence-electron chi connectivity index (χ1n) is 7.30. The summed E-state index contributed by atoms with van der Waals surface area (Å²) in [5.74, 6) is 0. The Kier molecular flexibility index (Phi) is 4.54. The molecule has 5 heteroatoms. The molecule has 1 saturated carbocycles. The summed E-state index contributed by atoms with van der Waals surface area (Å²) in [6.45, 7) is 6.12. The number of rotatable bonds is 4. The second-order valence-electron chi connectivity index (χ2n) is 6.35. The van der Waals surface area contributed by atoms with Crippen molar-refractivity contribution in [3.8, 4) is 0 Å². The maximum absolute atomic E-state index is 12.1. The maximum atomic E-state index is 12.1. The highest BCUT2D eigenvalue weighted by molar-refractivity contribution is 5.89. The lowest BCUT2D eigenvalue weighted by Crippen LogP contribution is -2.62. The molecular weight excluding hydrogens is 266 g/mol. The van der Waals surface area contributed by atoms with Gasteiger partial charge in [-0.25, -0.2) is 4.79 Å². The molecule has 0 aromatic heterocycles. The first-order valence-corrected chi connectivity index (χ1v) is 7.30.